The van der Waals surface area contributed by atoms with E-state index in [2.05, 4.69) is 25.8 Å². The summed E-state index contributed by atoms with van der Waals surface area (Å²) in [5.41, 5.74) is 0. The molecule has 0 atom stereocenters. The number of hydrogen-bond donors (Lipinski definition) is 0. The van der Waals surface area contributed by atoms with Gasteiger partial charge in [0.2, 0.25) is 0 Å². The van der Waals surface area contributed by atoms with Gasteiger partial charge in [0.05, 0.1) is 0 Å². The van der Waals surface area contributed by atoms with E-state index in [4.69, 9.17) is 11.6 Å². The number of aromatic nitrogens is 1. The fraction of sp³-hybridized carbons (Fsp3) is 0.722. The van der Waals surface area contributed by atoms with Gasteiger partial charge in [-0.1, -0.05) is 0 Å². The third-order valence-corrected chi connectivity index (χ3v) is 10.4. The molecule has 0 N–H and O–H groups in total. The van der Waals surface area contributed by atoms with Crippen LogP contribution in [-0.4, -0.2) is 26.1 Å². The average molecular weight is 415 g/mol. The van der Waals surface area contributed by atoms with Crippen molar-refractivity contribution in [1.29, 1.82) is 0 Å². The van der Waals surface area contributed by atoms with E-state index in [1.807, 2.05) is 18.3 Å². The van der Waals surface area contributed by atoms with Crippen molar-refractivity contribution in [1.82, 2.24) is 4.98 Å². The van der Waals surface area contributed by atoms with Crippen molar-refractivity contribution >= 4 is 36.5 Å². The van der Waals surface area contributed by atoms with Crippen LogP contribution in [0.4, 0.5) is 0 Å². The minimum atomic E-state index is -0.770. The molecule has 1 aromatic rings. The van der Waals surface area contributed by atoms with E-state index < -0.39 is 21.1 Å². The number of nitrogens with zero attached hydrogens (tertiary/aromatic N) is 1. The molecule has 0 aromatic carbocycles. The molecule has 0 saturated carbocycles. The first kappa shape index (κ1) is 19.3. The number of halogens is 1. The molecule has 1 aromatic heterocycles. The van der Waals surface area contributed by atoms with Crippen molar-refractivity contribution < 1.29 is 0 Å². The van der Waals surface area contributed by atoms with Crippen molar-refractivity contribution in [2.45, 2.75) is 82.0 Å². The number of rotatable bonds is 11. The molecule has 0 aliphatic rings. The molecule has 3 heteroatoms. The van der Waals surface area contributed by atoms with Gasteiger partial charge in [0.25, 0.3) is 0 Å². The molecule has 118 valence electrons. The first-order valence-corrected chi connectivity index (χ1v) is 11.8. The van der Waals surface area contributed by atoms with Crippen LogP contribution in [0.15, 0.2) is 18.3 Å². The van der Waals surface area contributed by atoms with Crippen LogP contribution in [0.1, 0.15) is 78.6 Å². The van der Waals surface area contributed by atoms with Crippen LogP contribution in [0.5, 0.6) is 0 Å². The minimum absolute atomic E-state index is 0.573. The van der Waals surface area contributed by atoms with Crippen LogP contribution in [-0.2, 0) is 0 Å². The average Bonchev–Trinajstić information content (AvgIpc) is 2.51. The third kappa shape index (κ3) is 6.90. The molecule has 21 heavy (non-hydrogen) atoms. The molecule has 1 heterocycles. The second-order valence-corrected chi connectivity index (χ2v) is 11.5. The quantitative estimate of drug-likeness (QED) is 0.417. The first-order chi connectivity index (χ1) is 10.2. The van der Waals surface area contributed by atoms with Gasteiger partial charge in [0.15, 0.2) is 0 Å². The Labute approximate surface area is 146 Å². The second-order valence-electron chi connectivity index (χ2n) is 6.05. The second kappa shape index (κ2) is 10.9. The van der Waals surface area contributed by atoms with Crippen molar-refractivity contribution in [2.24, 2.45) is 0 Å². The van der Waals surface area contributed by atoms with Gasteiger partial charge in [-0.2, -0.15) is 0 Å². The molecular weight excluding hydrogens is 384 g/mol. The van der Waals surface area contributed by atoms with Crippen LogP contribution < -0.4 is 3.71 Å². The Morgan fingerprint density at radius 3 is 1.95 bits per heavy atom. The molecule has 0 saturated heterocycles. The Morgan fingerprint density at radius 1 is 1.00 bits per heavy atom. The van der Waals surface area contributed by atoms with Crippen LogP contribution in [0.2, 0.25) is 8.45 Å². The van der Waals surface area contributed by atoms with Crippen molar-refractivity contribution in [3.63, 3.8) is 0 Å². The molecule has 0 unspecified atom stereocenters. The van der Waals surface area contributed by atoms with E-state index in [1.165, 1.54) is 61.5 Å². The van der Waals surface area contributed by atoms with Gasteiger partial charge in [0.1, 0.15) is 0 Å². The number of hydrogen-bond acceptors (Lipinski definition) is 1. The zero-order chi connectivity index (χ0) is 15.6. The van der Waals surface area contributed by atoms with Gasteiger partial charge in [-0.05, 0) is 0 Å². The molecule has 0 aliphatic carbocycles. The normalized spacial score (nSPS) is 11.8. The molecule has 1 rings (SSSR count). The Morgan fingerprint density at radius 2 is 1.52 bits per heavy atom. The molecule has 2 radical (unpaired) electrons. The molecular formula is C18H30ClNSn. The van der Waals surface area contributed by atoms with E-state index in [9.17, 15) is 0 Å². The Hall–Kier alpha value is 0.239. The fourth-order valence-corrected chi connectivity index (χ4v) is 8.27. The summed E-state index contributed by atoms with van der Waals surface area (Å²) in [6.07, 6.45) is 14.1. The summed E-state index contributed by atoms with van der Waals surface area (Å²) in [6, 6.07) is 3.98. The van der Waals surface area contributed by atoms with Gasteiger partial charge in [-0.15, -0.1) is 0 Å². The fourth-order valence-electron chi connectivity index (χ4n) is 2.84. The van der Waals surface area contributed by atoms with Crippen LogP contribution >= 0.6 is 11.6 Å². The summed E-state index contributed by atoms with van der Waals surface area (Å²) >= 11 is 5.64. The van der Waals surface area contributed by atoms with Gasteiger partial charge < -0.3 is 0 Å². The topological polar surface area (TPSA) is 12.9 Å². The number of unbranched alkanes of at least 4 members (excludes halogenated alkanes) is 3. The Bertz CT molecular complexity index is 373. The van der Waals surface area contributed by atoms with Crippen LogP contribution in [0.25, 0.3) is 0 Å². The summed E-state index contributed by atoms with van der Waals surface area (Å²) in [7, 11) is 0. The monoisotopic (exact) mass is 415 g/mol. The predicted octanol–water partition coefficient (Wildman–Crippen LogP) is 5.79. The van der Waals surface area contributed by atoms with Crippen LogP contribution in [0.3, 0.4) is 0 Å². The zero-order valence-corrected chi connectivity index (χ0v) is 17.5. The van der Waals surface area contributed by atoms with Crippen molar-refractivity contribution in [3.05, 3.63) is 23.4 Å². The van der Waals surface area contributed by atoms with E-state index in [0.717, 1.165) is 5.02 Å². The molecule has 0 fully saturated rings. The summed E-state index contributed by atoms with van der Waals surface area (Å²) < 4.78 is 1.84. The van der Waals surface area contributed by atoms with Crippen LogP contribution in [0, 0.1) is 0 Å². The van der Waals surface area contributed by atoms with E-state index in [0.29, 0.717) is 3.43 Å². The SMILES string of the molecule is CCCC[C](CCCC)(CCCC)[Sn][c]1ncccc1Cl. The van der Waals surface area contributed by atoms with Crippen molar-refractivity contribution in [2.75, 3.05) is 0 Å². The van der Waals surface area contributed by atoms with E-state index in [-0.39, 0.29) is 0 Å². The molecule has 1 nitrogen and oxygen atoms in total. The summed E-state index contributed by atoms with van der Waals surface area (Å²) in [6.45, 7) is 6.93. The molecule has 0 spiro atoms. The molecule has 0 bridgehead atoms. The van der Waals surface area contributed by atoms with Crippen molar-refractivity contribution in [3.8, 4) is 0 Å². The summed E-state index contributed by atoms with van der Waals surface area (Å²) in [5.74, 6) is 0. The standard InChI is InChI=1S/C13H27.C5H3ClN.Sn/c1-4-7-10-13(11-8-5-2)12-9-6-3;6-5-2-1-3-7-4-5;/h4-12H2,1-3H3;1-3H;. The zero-order valence-electron chi connectivity index (χ0n) is 13.9. The molecule has 0 amide bonds. The van der Waals surface area contributed by atoms with Gasteiger partial charge in [-0.25, -0.2) is 0 Å². The maximum atomic E-state index is 6.41. The predicted molar refractivity (Wildman–Crippen MR) is 95.9 cm³/mol. The Kier molecular flexibility index (Phi) is 9.99. The molecule has 0 aliphatic heterocycles. The summed E-state index contributed by atoms with van der Waals surface area (Å²) in [5, 5.41) is 0.915. The van der Waals surface area contributed by atoms with E-state index in [1.54, 1.807) is 0 Å². The Balaban J connectivity index is 2.92. The summed E-state index contributed by atoms with van der Waals surface area (Å²) in [4.78, 5) is 4.63. The van der Waals surface area contributed by atoms with Gasteiger partial charge >= 0.3 is 147 Å². The van der Waals surface area contributed by atoms with Gasteiger partial charge in [-0.3, -0.25) is 0 Å². The maximum absolute atomic E-state index is 6.41. The first-order valence-electron chi connectivity index (χ1n) is 8.56. The van der Waals surface area contributed by atoms with E-state index >= 15 is 0 Å². The van der Waals surface area contributed by atoms with Gasteiger partial charge in [0, 0.05) is 0 Å². The third-order valence-electron chi connectivity index (χ3n) is 4.17. The number of pyridine rings is 1.